The predicted octanol–water partition coefficient (Wildman–Crippen LogP) is 0.910. The Morgan fingerprint density at radius 3 is 3.05 bits per heavy atom. The number of aromatic nitrogens is 1. The monoisotopic (exact) mass is 302 g/mol. The lowest BCUT2D eigenvalue weighted by Gasteiger charge is -2.08. The number of aromatic amines is 1. The van der Waals surface area contributed by atoms with Crippen LogP contribution in [-0.4, -0.2) is 17.1 Å². The summed E-state index contributed by atoms with van der Waals surface area (Å²) in [7, 11) is -0.931. The maximum atomic E-state index is 11.5. The molecule has 2 heterocycles. The number of benzene rings is 1. The molecule has 1 aliphatic heterocycles. The van der Waals surface area contributed by atoms with E-state index in [1.807, 2.05) is 6.07 Å². The van der Waals surface area contributed by atoms with E-state index in [-0.39, 0.29) is 23.1 Å². The largest absolute Gasteiger partial charge is 0.491 e. The molecular formula is C13H8BClN2O4. The zero-order chi connectivity index (χ0) is 15.0. The van der Waals surface area contributed by atoms with E-state index in [9.17, 15) is 9.82 Å². The molecule has 0 aliphatic carbocycles. The Bertz CT molecular complexity index is 815. The molecule has 8 heteroatoms. The van der Waals surface area contributed by atoms with E-state index in [0.29, 0.717) is 11.2 Å². The van der Waals surface area contributed by atoms with Crippen molar-refractivity contribution in [2.75, 3.05) is 0 Å². The molecule has 3 rings (SSSR count). The molecule has 0 saturated heterocycles. The molecule has 0 atom stereocenters. The Morgan fingerprint density at radius 2 is 2.29 bits per heavy atom. The molecule has 0 amide bonds. The number of hydrogen-bond acceptors (Lipinski definition) is 5. The maximum Gasteiger partial charge on any atom is 0.491 e. The van der Waals surface area contributed by atoms with Crippen molar-refractivity contribution in [2.24, 2.45) is 0 Å². The van der Waals surface area contributed by atoms with Crippen LogP contribution < -0.4 is 15.8 Å². The average Bonchev–Trinajstić information content (AvgIpc) is 2.84. The Morgan fingerprint density at radius 1 is 1.48 bits per heavy atom. The number of fused-ring (bicyclic) bond motifs is 1. The van der Waals surface area contributed by atoms with Gasteiger partial charge in [0.15, 0.2) is 0 Å². The van der Waals surface area contributed by atoms with E-state index >= 15 is 0 Å². The Balaban J connectivity index is 1.97. The van der Waals surface area contributed by atoms with Gasteiger partial charge in [0.05, 0.1) is 6.61 Å². The summed E-state index contributed by atoms with van der Waals surface area (Å²) in [5, 5.41) is 18.5. The van der Waals surface area contributed by atoms with Gasteiger partial charge in [-0.1, -0.05) is 17.7 Å². The Hall–Kier alpha value is -2.27. The van der Waals surface area contributed by atoms with Crippen LogP contribution in [0.3, 0.4) is 0 Å². The molecule has 0 spiro atoms. The molecule has 1 aromatic carbocycles. The van der Waals surface area contributed by atoms with Crippen molar-refractivity contribution in [3.63, 3.8) is 0 Å². The summed E-state index contributed by atoms with van der Waals surface area (Å²) >= 11 is 5.67. The molecule has 1 aromatic heterocycles. The summed E-state index contributed by atoms with van der Waals surface area (Å²) in [6.07, 6.45) is 0. The third kappa shape index (κ3) is 2.52. The lowest BCUT2D eigenvalue weighted by Crippen LogP contribution is -2.27. The summed E-state index contributed by atoms with van der Waals surface area (Å²) in [6, 6.07) is 8.11. The normalized spacial score (nSPS) is 12.9. The molecule has 0 bridgehead atoms. The van der Waals surface area contributed by atoms with E-state index in [4.69, 9.17) is 26.3 Å². The fourth-order valence-corrected chi connectivity index (χ4v) is 2.20. The molecule has 0 fully saturated rings. The van der Waals surface area contributed by atoms with Crippen LogP contribution in [0.5, 0.6) is 11.6 Å². The molecule has 6 nitrogen and oxygen atoms in total. The number of rotatable bonds is 2. The minimum Gasteiger partial charge on any atom is -0.440 e. The third-order valence-corrected chi connectivity index (χ3v) is 3.36. The van der Waals surface area contributed by atoms with Gasteiger partial charge in [-0.25, -0.2) is 0 Å². The highest BCUT2D eigenvalue weighted by atomic mass is 35.5. The second-order valence-electron chi connectivity index (χ2n) is 4.43. The van der Waals surface area contributed by atoms with E-state index < -0.39 is 12.7 Å². The number of nitrogens with one attached hydrogen (secondary N) is 1. The molecular weight excluding hydrogens is 294 g/mol. The first kappa shape index (κ1) is 13.7. The van der Waals surface area contributed by atoms with Crippen molar-refractivity contribution >= 4 is 24.2 Å². The van der Waals surface area contributed by atoms with Gasteiger partial charge in [-0.3, -0.25) is 9.78 Å². The van der Waals surface area contributed by atoms with E-state index in [0.717, 1.165) is 5.56 Å². The average molecular weight is 302 g/mol. The van der Waals surface area contributed by atoms with Crippen LogP contribution in [0.2, 0.25) is 5.02 Å². The van der Waals surface area contributed by atoms with Gasteiger partial charge >= 0.3 is 7.12 Å². The number of hydrogen-bond donors (Lipinski definition) is 2. The SMILES string of the molecule is N#Cc1cc(Cl)c(=O)[nH]c1Oc1ccc2c(c1)COB2O. The highest BCUT2D eigenvalue weighted by Crippen LogP contribution is 2.25. The van der Waals surface area contributed by atoms with E-state index in [2.05, 4.69) is 4.98 Å². The predicted molar refractivity (Wildman–Crippen MR) is 75.7 cm³/mol. The number of H-pyrrole nitrogens is 1. The highest BCUT2D eigenvalue weighted by molar-refractivity contribution is 6.61. The highest BCUT2D eigenvalue weighted by Gasteiger charge is 2.27. The fraction of sp³-hybridized carbons (Fsp3) is 0.0769. The van der Waals surface area contributed by atoms with Gasteiger partial charge in [0.2, 0.25) is 5.88 Å². The van der Waals surface area contributed by atoms with Crippen LogP contribution in [0.4, 0.5) is 0 Å². The summed E-state index contributed by atoms with van der Waals surface area (Å²) in [4.78, 5) is 13.9. The van der Waals surface area contributed by atoms with Crippen LogP contribution >= 0.6 is 11.6 Å². The number of ether oxygens (including phenoxy) is 1. The van der Waals surface area contributed by atoms with Crippen LogP contribution in [-0.2, 0) is 11.3 Å². The second-order valence-corrected chi connectivity index (χ2v) is 4.83. The summed E-state index contributed by atoms with van der Waals surface area (Å²) in [5.41, 5.74) is 1.05. The van der Waals surface area contributed by atoms with Crippen LogP contribution in [0.1, 0.15) is 11.1 Å². The van der Waals surface area contributed by atoms with Crippen LogP contribution in [0.25, 0.3) is 0 Å². The van der Waals surface area contributed by atoms with Gasteiger partial charge in [-0.2, -0.15) is 5.26 Å². The first-order chi connectivity index (χ1) is 10.1. The fourth-order valence-electron chi connectivity index (χ4n) is 2.04. The van der Waals surface area contributed by atoms with Crippen molar-refractivity contribution in [3.05, 3.63) is 50.8 Å². The Labute approximate surface area is 124 Å². The number of pyridine rings is 1. The molecule has 0 unspecified atom stereocenters. The minimum absolute atomic E-state index is 0.0197. The Kier molecular flexibility index (Phi) is 3.43. The van der Waals surface area contributed by atoms with Gasteiger partial charge in [-0.15, -0.1) is 0 Å². The number of nitrogens with zero attached hydrogens (tertiary/aromatic N) is 1. The van der Waals surface area contributed by atoms with E-state index in [1.54, 1.807) is 18.2 Å². The zero-order valence-electron chi connectivity index (χ0n) is 10.6. The first-order valence-electron chi connectivity index (χ1n) is 6.02. The van der Waals surface area contributed by atoms with Crippen LogP contribution in [0.15, 0.2) is 29.1 Å². The standard InChI is InChI=1S/C13H8BClN2O4/c15-11-4-7(5-16)13(17-12(11)18)21-9-1-2-10-8(3-9)6-20-14(10)19/h1-4,19H,6H2,(H,17,18). The molecule has 0 radical (unpaired) electrons. The number of nitriles is 1. The lowest BCUT2D eigenvalue weighted by atomic mass is 9.80. The molecule has 104 valence electrons. The van der Waals surface area contributed by atoms with Gasteiger partial charge in [-0.05, 0) is 29.2 Å². The van der Waals surface area contributed by atoms with Gasteiger partial charge < -0.3 is 14.4 Å². The lowest BCUT2D eigenvalue weighted by molar-refractivity contribution is 0.275. The van der Waals surface area contributed by atoms with Gasteiger partial charge in [0, 0.05) is 0 Å². The van der Waals surface area contributed by atoms with Crippen molar-refractivity contribution in [1.82, 2.24) is 4.98 Å². The zero-order valence-corrected chi connectivity index (χ0v) is 11.3. The molecule has 1 aliphatic rings. The summed E-state index contributed by atoms with van der Waals surface area (Å²) < 4.78 is 10.6. The maximum absolute atomic E-state index is 11.5. The smallest absolute Gasteiger partial charge is 0.440 e. The van der Waals surface area contributed by atoms with Crippen molar-refractivity contribution in [3.8, 4) is 17.7 Å². The summed E-state index contributed by atoms with van der Waals surface area (Å²) in [6.45, 7) is 0.274. The molecule has 2 N–H and O–H groups in total. The molecule has 0 saturated carbocycles. The molecule has 21 heavy (non-hydrogen) atoms. The number of halogens is 1. The van der Waals surface area contributed by atoms with Crippen molar-refractivity contribution < 1.29 is 14.4 Å². The molecule has 2 aromatic rings. The van der Waals surface area contributed by atoms with Crippen LogP contribution in [0, 0.1) is 11.3 Å². The van der Waals surface area contributed by atoms with Crippen molar-refractivity contribution in [2.45, 2.75) is 6.61 Å². The van der Waals surface area contributed by atoms with Gasteiger partial charge in [0.1, 0.15) is 22.4 Å². The second kappa shape index (κ2) is 5.26. The summed E-state index contributed by atoms with van der Waals surface area (Å²) in [5.74, 6) is 0.437. The minimum atomic E-state index is -0.931. The van der Waals surface area contributed by atoms with Crippen molar-refractivity contribution in [1.29, 1.82) is 5.26 Å². The van der Waals surface area contributed by atoms with Gasteiger partial charge in [0.25, 0.3) is 5.56 Å². The topological polar surface area (TPSA) is 95.3 Å². The third-order valence-electron chi connectivity index (χ3n) is 3.08. The first-order valence-corrected chi connectivity index (χ1v) is 6.39. The quantitative estimate of drug-likeness (QED) is 0.804. The van der Waals surface area contributed by atoms with E-state index in [1.165, 1.54) is 6.07 Å².